The van der Waals surface area contributed by atoms with Gasteiger partial charge in [0.15, 0.2) is 9.84 Å². The van der Waals surface area contributed by atoms with E-state index in [1.54, 1.807) is 36.4 Å². The average molecular weight is 428 g/mol. The molecule has 0 aliphatic rings. The minimum absolute atomic E-state index is 0.0223. The van der Waals surface area contributed by atoms with Crippen molar-refractivity contribution in [2.24, 2.45) is 0 Å². The fraction of sp³-hybridized carbons (Fsp3) is 0.182. The van der Waals surface area contributed by atoms with Crippen LogP contribution < -0.4 is 10.1 Å². The third-order valence-electron chi connectivity index (χ3n) is 4.67. The molecular formula is C22H21FN2O4S. The fourth-order valence-electron chi connectivity index (χ4n) is 2.98. The highest BCUT2D eigenvalue weighted by Gasteiger charge is 2.30. The van der Waals surface area contributed by atoms with Gasteiger partial charge in [-0.05, 0) is 60.5 Å². The van der Waals surface area contributed by atoms with E-state index in [9.17, 15) is 17.6 Å². The molecule has 1 amide bonds. The number of aromatic nitrogens is 1. The number of methoxy groups -OCH3 is 1. The van der Waals surface area contributed by atoms with Gasteiger partial charge in [0.1, 0.15) is 16.8 Å². The first-order chi connectivity index (χ1) is 14.3. The first kappa shape index (κ1) is 21.4. The SMILES string of the molecule is COc1cccc(C(=O)NCC(c2cccnc2)S(=O)(=O)c2ccc(F)c(C)c2)c1. The van der Waals surface area contributed by atoms with E-state index < -0.39 is 26.8 Å². The van der Waals surface area contributed by atoms with Crippen molar-refractivity contribution in [3.05, 3.63) is 89.5 Å². The van der Waals surface area contributed by atoms with Crippen LogP contribution in [0.15, 0.2) is 71.9 Å². The number of sulfone groups is 1. The molecular weight excluding hydrogens is 407 g/mol. The van der Waals surface area contributed by atoms with E-state index in [-0.39, 0.29) is 17.0 Å². The normalized spacial score (nSPS) is 12.2. The van der Waals surface area contributed by atoms with Crippen LogP contribution in [0.25, 0.3) is 0 Å². The molecule has 0 aliphatic carbocycles. The Labute approximate surface area is 174 Å². The van der Waals surface area contributed by atoms with E-state index in [0.29, 0.717) is 16.9 Å². The molecule has 6 nitrogen and oxygen atoms in total. The molecule has 1 aromatic heterocycles. The summed E-state index contributed by atoms with van der Waals surface area (Å²) < 4.78 is 45.4. The summed E-state index contributed by atoms with van der Waals surface area (Å²) in [4.78, 5) is 16.6. The van der Waals surface area contributed by atoms with E-state index in [1.807, 2.05) is 0 Å². The number of aryl methyl sites for hydroxylation is 1. The molecule has 3 rings (SSSR count). The number of pyridine rings is 1. The van der Waals surface area contributed by atoms with E-state index in [2.05, 4.69) is 10.3 Å². The first-order valence-corrected chi connectivity index (χ1v) is 10.7. The highest BCUT2D eigenvalue weighted by atomic mass is 32.2. The Kier molecular flexibility index (Phi) is 6.47. The predicted molar refractivity (Wildman–Crippen MR) is 111 cm³/mol. The topological polar surface area (TPSA) is 85.4 Å². The fourth-order valence-corrected chi connectivity index (χ4v) is 4.71. The van der Waals surface area contributed by atoms with Crippen LogP contribution in [-0.2, 0) is 9.84 Å². The zero-order chi connectivity index (χ0) is 21.7. The lowest BCUT2D eigenvalue weighted by atomic mass is 10.2. The maximum Gasteiger partial charge on any atom is 0.251 e. The summed E-state index contributed by atoms with van der Waals surface area (Å²) >= 11 is 0. The molecule has 1 atom stereocenters. The molecule has 30 heavy (non-hydrogen) atoms. The summed E-state index contributed by atoms with van der Waals surface area (Å²) in [5.74, 6) is -0.410. The van der Waals surface area contributed by atoms with Crippen LogP contribution in [0.4, 0.5) is 4.39 Å². The molecule has 0 saturated carbocycles. The number of amides is 1. The molecule has 0 spiro atoms. The predicted octanol–water partition coefficient (Wildman–Crippen LogP) is 3.48. The number of hydrogen-bond donors (Lipinski definition) is 1. The van der Waals surface area contributed by atoms with Gasteiger partial charge in [-0.3, -0.25) is 9.78 Å². The molecule has 1 heterocycles. The minimum atomic E-state index is -3.93. The number of halogens is 1. The van der Waals surface area contributed by atoms with Gasteiger partial charge in [-0.15, -0.1) is 0 Å². The summed E-state index contributed by atoms with van der Waals surface area (Å²) in [5, 5.41) is 1.58. The van der Waals surface area contributed by atoms with Crippen molar-refractivity contribution in [3.8, 4) is 5.75 Å². The second-order valence-corrected chi connectivity index (χ2v) is 8.80. The van der Waals surface area contributed by atoms with Crippen molar-refractivity contribution >= 4 is 15.7 Å². The van der Waals surface area contributed by atoms with E-state index >= 15 is 0 Å². The van der Waals surface area contributed by atoms with Crippen molar-refractivity contribution in [1.29, 1.82) is 0 Å². The summed E-state index contributed by atoms with van der Waals surface area (Å²) in [6.07, 6.45) is 2.97. The molecule has 156 valence electrons. The molecule has 0 radical (unpaired) electrons. The zero-order valence-corrected chi connectivity index (χ0v) is 17.3. The standard InChI is InChI=1S/C22H21FN2O4S/c1-15-11-19(8-9-20(15)23)30(27,28)21(17-6-4-10-24-13-17)14-25-22(26)16-5-3-7-18(12-16)29-2/h3-13,21H,14H2,1-2H3,(H,25,26). The van der Waals surface area contributed by atoms with Crippen molar-refractivity contribution in [1.82, 2.24) is 10.3 Å². The van der Waals surface area contributed by atoms with Crippen LogP contribution >= 0.6 is 0 Å². The number of benzene rings is 2. The molecule has 3 aromatic rings. The highest BCUT2D eigenvalue weighted by molar-refractivity contribution is 7.91. The molecule has 1 N–H and O–H groups in total. The van der Waals surface area contributed by atoms with Gasteiger partial charge in [0.2, 0.25) is 0 Å². The Balaban J connectivity index is 1.91. The summed E-state index contributed by atoms with van der Waals surface area (Å²) in [7, 11) is -2.44. The molecule has 2 aromatic carbocycles. The van der Waals surface area contributed by atoms with Gasteiger partial charge in [-0.1, -0.05) is 12.1 Å². The van der Waals surface area contributed by atoms with Gasteiger partial charge in [0, 0.05) is 24.5 Å². The maximum atomic E-state index is 13.6. The molecule has 0 saturated heterocycles. The van der Waals surface area contributed by atoms with Gasteiger partial charge < -0.3 is 10.1 Å². The second kappa shape index (κ2) is 9.04. The molecule has 1 unspecified atom stereocenters. The Morgan fingerprint density at radius 2 is 1.97 bits per heavy atom. The van der Waals surface area contributed by atoms with Gasteiger partial charge in [0.25, 0.3) is 5.91 Å². The number of carbonyl (C=O) groups is 1. The van der Waals surface area contributed by atoms with Crippen molar-refractivity contribution < 1.29 is 22.3 Å². The lowest BCUT2D eigenvalue weighted by Gasteiger charge is -2.19. The number of nitrogens with one attached hydrogen (secondary N) is 1. The Morgan fingerprint density at radius 1 is 1.17 bits per heavy atom. The second-order valence-electron chi connectivity index (χ2n) is 6.67. The van der Waals surface area contributed by atoms with Crippen LogP contribution in [0.5, 0.6) is 5.75 Å². The van der Waals surface area contributed by atoms with Crippen LogP contribution in [0.1, 0.15) is 26.7 Å². The highest BCUT2D eigenvalue weighted by Crippen LogP contribution is 2.29. The number of carbonyl (C=O) groups excluding carboxylic acids is 1. The monoisotopic (exact) mass is 428 g/mol. The Hall–Kier alpha value is -3.26. The maximum absolute atomic E-state index is 13.6. The molecule has 0 bridgehead atoms. The zero-order valence-electron chi connectivity index (χ0n) is 16.5. The summed E-state index contributed by atoms with van der Waals surface area (Å²) in [6, 6.07) is 13.4. The number of hydrogen-bond acceptors (Lipinski definition) is 5. The quantitative estimate of drug-likeness (QED) is 0.583. The smallest absolute Gasteiger partial charge is 0.251 e. The van der Waals surface area contributed by atoms with Gasteiger partial charge in [-0.2, -0.15) is 0 Å². The van der Waals surface area contributed by atoms with E-state index in [1.165, 1.54) is 38.6 Å². The lowest BCUT2D eigenvalue weighted by Crippen LogP contribution is -2.32. The van der Waals surface area contributed by atoms with Crippen LogP contribution in [-0.4, -0.2) is 33.0 Å². The molecule has 0 aliphatic heterocycles. The van der Waals surface area contributed by atoms with Crippen molar-refractivity contribution in [2.45, 2.75) is 17.1 Å². The van der Waals surface area contributed by atoms with Gasteiger partial charge in [0.05, 0.1) is 12.0 Å². The number of ether oxygens (including phenoxy) is 1. The minimum Gasteiger partial charge on any atom is -0.497 e. The number of rotatable bonds is 7. The van der Waals surface area contributed by atoms with Crippen LogP contribution in [0.2, 0.25) is 0 Å². The van der Waals surface area contributed by atoms with Crippen molar-refractivity contribution in [2.75, 3.05) is 13.7 Å². The number of nitrogens with zero attached hydrogens (tertiary/aromatic N) is 1. The third kappa shape index (κ3) is 4.65. The largest absolute Gasteiger partial charge is 0.497 e. The third-order valence-corrected chi connectivity index (χ3v) is 6.77. The van der Waals surface area contributed by atoms with Crippen LogP contribution in [0, 0.1) is 12.7 Å². The van der Waals surface area contributed by atoms with E-state index in [4.69, 9.17) is 4.74 Å². The molecule has 0 fully saturated rings. The van der Waals surface area contributed by atoms with Gasteiger partial charge >= 0.3 is 0 Å². The average Bonchev–Trinajstić information content (AvgIpc) is 2.76. The molecule has 8 heteroatoms. The Bertz CT molecular complexity index is 1150. The summed E-state index contributed by atoms with van der Waals surface area (Å²) in [5.41, 5.74) is 0.987. The van der Waals surface area contributed by atoms with E-state index in [0.717, 1.165) is 6.07 Å². The van der Waals surface area contributed by atoms with Crippen LogP contribution in [0.3, 0.4) is 0 Å². The van der Waals surface area contributed by atoms with Crippen molar-refractivity contribution in [3.63, 3.8) is 0 Å². The lowest BCUT2D eigenvalue weighted by molar-refractivity contribution is 0.0953. The first-order valence-electron chi connectivity index (χ1n) is 9.15. The van der Waals surface area contributed by atoms with Gasteiger partial charge in [-0.25, -0.2) is 12.8 Å². The summed E-state index contributed by atoms with van der Waals surface area (Å²) in [6.45, 7) is 1.32. The Morgan fingerprint density at radius 3 is 2.63 bits per heavy atom.